The Hall–Kier alpha value is -0.330. The van der Waals surface area contributed by atoms with Gasteiger partial charge in [-0.3, -0.25) is 4.79 Å². The van der Waals surface area contributed by atoms with Crippen molar-refractivity contribution in [1.82, 2.24) is 0 Å². The summed E-state index contributed by atoms with van der Waals surface area (Å²) in [6, 6.07) is 0. The van der Waals surface area contributed by atoms with E-state index in [9.17, 15) is 4.79 Å². The van der Waals surface area contributed by atoms with Gasteiger partial charge in [0.1, 0.15) is 5.78 Å². The summed E-state index contributed by atoms with van der Waals surface area (Å²) >= 11 is 0. The molecule has 0 aromatic carbocycles. The first-order chi connectivity index (χ1) is 6.66. The number of hydrogen-bond donors (Lipinski definition) is 0. The van der Waals surface area contributed by atoms with Crippen LogP contribution in [0.15, 0.2) is 0 Å². The van der Waals surface area contributed by atoms with Gasteiger partial charge >= 0.3 is 0 Å². The number of rotatable bonds is 3. The standard InChI is InChI=1S/C13H22O/c1-9-3-4-11(7-10(9)2)8-13(14)12-5-6-12/h9-12H,3-8H2,1-2H3. The van der Waals surface area contributed by atoms with E-state index in [0.717, 1.165) is 18.3 Å². The molecule has 2 rings (SSSR count). The van der Waals surface area contributed by atoms with Gasteiger partial charge in [0.2, 0.25) is 0 Å². The van der Waals surface area contributed by atoms with Crippen molar-refractivity contribution < 1.29 is 4.79 Å². The van der Waals surface area contributed by atoms with Crippen LogP contribution in [0.4, 0.5) is 0 Å². The van der Waals surface area contributed by atoms with Gasteiger partial charge in [-0.1, -0.05) is 20.3 Å². The van der Waals surface area contributed by atoms with Gasteiger partial charge in [-0.2, -0.15) is 0 Å². The zero-order valence-electron chi connectivity index (χ0n) is 9.46. The Bertz CT molecular complexity index is 217. The Morgan fingerprint density at radius 3 is 2.36 bits per heavy atom. The monoisotopic (exact) mass is 194 g/mol. The van der Waals surface area contributed by atoms with Gasteiger partial charge < -0.3 is 0 Å². The third-order valence-corrected chi connectivity index (χ3v) is 4.23. The zero-order valence-corrected chi connectivity index (χ0v) is 9.46. The van der Waals surface area contributed by atoms with E-state index in [-0.39, 0.29) is 0 Å². The lowest BCUT2D eigenvalue weighted by atomic mass is 9.74. The van der Waals surface area contributed by atoms with E-state index < -0.39 is 0 Å². The molecule has 2 fully saturated rings. The molecule has 2 saturated carbocycles. The van der Waals surface area contributed by atoms with Gasteiger partial charge in [0.15, 0.2) is 0 Å². The van der Waals surface area contributed by atoms with Crippen molar-refractivity contribution in [3.8, 4) is 0 Å². The third kappa shape index (κ3) is 2.37. The average Bonchev–Trinajstić information content (AvgIpc) is 2.94. The molecule has 14 heavy (non-hydrogen) atoms. The van der Waals surface area contributed by atoms with Crippen LogP contribution in [0.5, 0.6) is 0 Å². The highest BCUT2D eigenvalue weighted by atomic mass is 16.1. The van der Waals surface area contributed by atoms with Crippen LogP contribution in [0.2, 0.25) is 0 Å². The Morgan fingerprint density at radius 1 is 1.07 bits per heavy atom. The molecule has 0 spiro atoms. The Balaban J connectivity index is 1.78. The van der Waals surface area contributed by atoms with Gasteiger partial charge in [-0.05, 0) is 43.4 Å². The van der Waals surface area contributed by atoms with Gasteiger partial charge in [0.25, 0.3) is 0 Å². The molecule has 0 saturated heterocycles. The molecule has 0 bridgehead atoms. The van der Waals surface area contributed by atoms with Crippen molar-refractivity contribution in [3.05, 3.63) is 0 Å². The van der Waals surface area contributed by atoms with Crippen LogP contribution in [0.25, 0.3) is 0 Å². The number of Topliss-reactive ketones (excluding diaryl/α,β-unsaturated/α-hetero) is 1. The summed E-state index contributed by atoms with van der Waals surface area (Å²) < 4.78 is 0. The van der Waals surface area contributed by atoms with Crippen molar-refractivity contribution in [2.45, 2.75) is 52.4 Å². The van der Waals surface area contributed by atoms with E-state index >= 15 is 0 Å². The molecule has 0 N–H and O–H groups in total. The summed E-state index contributed by atoms with van der Waals surface area (Å²) in [6.45, 7) is 4.70. The molecule has 0 aliphatic heterocycles. The fourth-order valence-electron chi connectivity index (χ4n) is 2.70. The van der Waals surface area contributed by atoms with Crippen molar-refractivity contribution in [2.75, 3.05) is 0 Å². The molecule has 2 aliphatic rings. The quantitative estimate of drug-likeness (QED) is 0.672. The predicted molar refractivity (Wildman–Crippen MR) is 58.0 cm³/mol. The van der Waals surface area contributed by atoms with Crippen molar-refractivity contribution in [3.63, 3.8) is 0 Å². The van der Waals surface area contributed by atoms with Crippen LogP contribution in [-0.4, -0.2) is 5.78 Å². The second kappa shape index (κ2) is 4.04. The number of ketones is 1. The van der Waals surface area contributed by atoms with Crippen LogP contribution in [0.1, 0.15) is 52.4 Å². The van der Waals surface area contributed by atoms with E-state index in [2.05, 4.69) is 13.8 Å². The van der Waals surface area contributed by atoms with Crippen molar-refractivity contribution >= 4 is 5.78 Å². The van der Waals surface area contributed by atoms with E-state index in [0.29, 0.717) is 17.6 Å². The van der Waals surface area contributed by atoms with Gasteiger partial charge in [0, 0.05) is 12.3 Å². The third-order valence-electron chi connectivity index (χ3n) is 4.23. The summed E-state index contributed by atoms with van der Waals surface area (Å²) in [5.74, 6) is 3.47. The van der Waals surface area contributed by atoms with Crippen LogP contribution in [0, 0.1) is 23.7 Å². The van der Waals surface area contributed by atoms with Crippen LogP contribution >= 0.6 is 0 Å². The molecule has 0 heterocycles. The lowest BCUT2D eigenvalue weighted by Crippen LogP contribution is -2.23. The second-order valence-corrected chi connectivity index (χ2v) is 5.58. The lowest BCUT2D eigenvalue weighted by Gasteiger charge is -2.31. The molecule has 2 aliphatic carbocycles. The fraction of sp³-hybridized carbons (Fsp3) is 0.923. The van der Waals surface area contributed by atoms with Crippen LogP contribution < -0.4 is 0 Å². The molecule has 1 nitrogen and oxygen atoms in total. The minimum absolute atomic E-state index is 0.477. The van der Waals surface area contributed by atoms with Crippen LogP contribution in [-0.2, 0) is 4.79 Å². The maximum absolute atomic E-state index is 11.7. The Morgan fingerprint density at radius 2 is 1.79 bits per heavy atom. The second-order valence-electron chi connectivity index (χ2n) is 5.58. The van der Waals surface area contributed by atoms with E-state index in [4.69, 9.17) is 0 Å². The molecular formula is C13H22O. The zero-order chi connectivity index (χ0) is 10.1. The normalized spacial score (nSPS) is 38.3. The van der Waals surface area contributed by atoms with E-state index in [1.165, 1.54) is 32.1 Å². The van der Waals surface area contributed by atoms with Gasteiger partial charge in [0.05, 0.1) is 0 Å². The molecule has 0 aromatic rings. The first-order valence-electron chi connectivity index (χ1n) is 6.19. The first kappa shape index (κ1) is 10.2. The van der Waals surface area contributed by atoms with Gasteiger partial charge in [-0.15, -0.1) is 0 Å². The molecule has 3 unspecified atom stereocenters. The molecule has 0 amide bonds. The largest absolute Gasteiger partial charge is 0.299 e. The number of carbonyl (C=O) groups excluding carboxylic acids is 1. The lowest BCUT2D eigenvalue weighted by molar-refractivity contribution is -0.121. The molecule has 0 radical (unpaired) electrons. The molecule has 0 aromatic heterocycles. The highest BCUT2D eigenvalue weighted by molar-refractivity contribution is 5.83. The minimum atomic E-state index is 0.477. The molecular weight excluding hydrogens is 172 g/mol. The number of hydrogen-bond acceptors (Lipinski definition) is 1. The van der Waals surface area contributed by atoms with Crippen molar-refractivity contribution in [1.29, 1.82) is 0 Å². The highest BCUT2D eigenvalue weighted by Gasteiger charge is 2.33. The molecule has 80 valence electrons. The highest BCUT2D eigenvalue weighted by Crippen LogP contribution is 2.38. The molecule has 3 atom stereocenters. The van der Waals surface area contributed by atoms with E-state index in [1.54, 1.807) is 0 Å². The summed E-state index contributed by atoms with van der Waals surface area (Å²) in [6.07, 6.45) is 7.17. The summed E-state index contributed by atoms with van der Waals surface area (Å²) in [5.41, 5.74) is 0. The average molecular weight is 194 g/mol. The summed E-state index contributed by atoms with van der Waals surface area (Å²) in [7, 11) is 0. The summed E-state index contributed by atoms with van der Waals surface area (Å²) in [4.78, 5) is 11.7. The molecule has 1 heteroatoms. The topological polar surface area (TPSA) is 17.1 Å². The Kier molecular flexibility index (Phi) is 2.94. The minimum Gasteiger partial charge on any atom is -0.299 e. The maximum atomic E-state index is 11.7. The van der Waals surface area contributed by atoms with E-state index in [1.807, 2.05) is 0 Å². The van der Waals surface area contributed by atoms with Gasteiger partial charge in [-0.25, -0.2) is 0 Å². The maximum Gasteiger partial charge on any atom is 0.136 e. The fourth-order valence-corrected chi connectivity index (χ4v) is 2.70. The Labute approximate surface area is 87.3 Å². The smallest absolute Gasteiger partial charge is 0.136 e. The number of carbonyl (C=O) groups is 1. The summed E-state index contributed by atoms with van der Waals surface area (Å²) in [5, 5.41) is 0. The van der Waals surface area contributed by atoms with Crippen LogP contribution in [0.3, 0.4) is 0 Å². The predicted octanol–water partition coefficient (Wildman–Crippen LogP) is 3.43. The first-order valence-corrected chi connectivity index (χ1v) is 6.19. The SMILES string of the molecule is CC1CCC(CC(=O)C2CC2)CC1C. The van der Waals surface area contributed by atoms with Crippen molar-refractivity contribution in [2.24, 2.45) is 23.7 Å².